The van der Waals surface area contributed by atoms with Crippen LogP contribution in [0.5, 0.6) is 0 Å². The summed E-state index contributed by atoms with van der Waals surface area (Å²) in [6, 6.07) is 153. The minimum absolute atomic E-state index is 0.784. The summed E-state index contributed by atoms with van der Waals surface area (Å²) < 4.78 is 9.70. The molecule has 0 N–H and O–H groups in total. The second-order valence-corrected chi connectivity index (χ2v) is 38.5. The number of nitrogens with zero attached hydrogens (tertiary/aromatic N) is 12. The zero-order valence-corrected chi connectivity index (χ0v) is 79.5. The van der Waals surface area contributed by atoms with E-state index in [0.29, 0.717) is 0 Å². The molecule has 12 heteroatoms. The largest absolute Gasteiger partial charge is 0.308 e. The van der Waals surface area contributed by atoms with E-state index < -0.39 is 0 Å². The molecule has 0 aliphatic heterocycles. The standard InChI is InChI=1S/C39H25N3.3C32H19N3/c1-24-19-33(32-15-8-18-40-39(32)41-24)28-12-7-10-26(21-28)25-9-6-11-27(20-25)29-22-34-30-13-2-4-16-36(30)42-37-17-5-3-14-31(37)35(23-29)38(34)42;1-3-12-29-24(9-1)26-18-22(19-27-25-10-2-4-13-30(25)35(29)32(26)27)20-7-5-8-21(17-20)23-14-16-33-28-11-6-15-34-31(23)28;1-3-10-30-25(8-1)27-15-22(16-28-26-9-2-4-11-31(26)35(30)32(27)28)20-6-5-7-21(14-20)29-19-34-18-23-17-33-13-12-24(23)29;1-2-7-20(8-3-1)21-12-13-30-25(17-21)27-19-22(23-14-16-33-28-10-6-15-34-31(23)28)18-26-24-9-4-5-11-29(24)35(30)32(26)27/h2-23H,1H3;3*1-19H. The fourth-order valence-electron chi connectivity index (χ4n) is 23.9. The van der Waals surface area contributed by atoms with Crippen molar-refractivity contribution in [1.29, 1.82) is 0 Å². The number of pyridine rings is 8. The molecule has 16 aromatic heterocycles. The van der Waals surface area contributed by atoms with Crippen LogP contribution in [0.3, 0.4) is 0 Å². The van der Waals surface area contributed by atoms with Crippen molar-refractivity contribution in [3.63, 3.8) is 0 Å². The molecule has 0 radical (unpaired) electrons. The van der Waals surface area contributed by atoms with Crippen molar-refractivity contribution in [2.45, 2.75) is 6.92 Å². The van der Waals surface area contributed by atoms with E-state index in [1.54, 1.807) is 6.20 Å². The van der Waals surface area contributed by atoms with Crippen molar-refractivity contribution < 1.29 is 0 Å². The fraction of sp³-hybridized carbons (Fsp3) is 0.00741. The summed E-state index contributed by atoms with van der Waals surface area (Å²) in [5.74, 6) is 0. The van der Waals surface area contributed by atoms with Crippen LogP contribution in [0.2, 0.25) is 0 Å². The number of hydrogen-bond donors (Lipinski definition) is 0. The van der Waals surface area contributed by atoms with Crippen molar-refractivity contribution in [3.8, 4) is 100 Å². The maximum Gasteiger partial charge on any atom is 0.159 e. The second kappa shape index (κ2) is 33.2. The minimum Gasteiger partial charge on any atom is -0.308 e. The summed E-state index contributed by atoms with van der Waals surface area (Å²) in [7, 11) is 0. The Morgan fingerprint density at radius 1 is 0.170 bits per heavy atom. The molecule has 33 rings (SSSR count). The highest BCUT2D eigenvalue weighted by Crippen LogP contribution is 2.50. The highest BCUT2D eigenvalue weighted by molar-refractivity contribution is 6.29. The summed E-state index contributed by atoms with van der Waals surface area (Å²) >= 11 is 0. The summed E-state index contributed by atoms with van der Waals surface area (Å²) in [4.78, 5) is 36.2. The van der Waals surface area contributed by atoms with Gasteiger partial charge in [-0.05, 0) is 284 Å². The van der Waals surface area contributed by atoms with E-state index in [1.165, 1.54) is 225 Å². The molecule has 12 nitrogen and oxygen atoms in total. The summed E-state index contributed by atoms with van der Waals surface area (Å²) in [5.41, 5.74) is 41.9. The molecule has 17 aromatic carbocycles. The minimum atomic E-state index is 0.784. The molecule has 0 aliphatic carbocycles. The van der Waals surface area contributed by atoms with E-state index in [0.717, 1.165) is 77.6 Å². The highest BCUT2D eigenvalue weighted by atomic mass is 14.9. The van der Waals surface area contributed by atoms with Gasteiger partial charge in [-0.1, -0.05) is 237 Å². The molecule has 0 aliphatic rings. The van der Waals surface area contributed by atoms with Gasteiger partial charge < -0.3 is 17.6 Å². The first-order chi connectivity index (χ1) is 72.8. The second-order valence-electron chi connectivity index (χ2n) is 38.5. The third-order valence-corrected chi connectivity index (χ3v) is 30.3. The van der Waals surface area contributed by atoms with Gasteiger partial charge >= 0.3 is 0 Å². The number of aromatic nitrogens is 12. The van der Waals surface area contributed by atoms with E-state index in [-0.39, 0.29) is 0 Å². The van der Waals surface area contributed by atoms with Gasteiger partial charge in [0.2, 0.25) is 0 Å². The maximum atomic E-state index is 4.69. The van der Waals surface area contributed by atoms with Crippen molar-refractivity contribution in [3.05, 3.63) is 486 Å². The van der Waals surface area contributed by atoms with Crippen LogP contribution in [-0.4, -0.2) is 57.5 Å². The molecule has 0 bridgehead atoms. The van der Waals surface area contributed by atoms with Gasteiger partial charge in [0, 0.05) is 175 Å². The Bertz CT molecular complexity index is 10600. The SMILES string of the molecule is Cc1cc(-c2cccc(-c3cccc(-c4cc5c6ccccc6n6c7ccccc7c(c4)c56)c3)c2)c2cccnc2n1.c1cc(-c2cc3c4ccccc4n4c5ccccc5c(c2)c34)cc(-c2ccnc3cccnc23)c1.c1cc(-c2cc3c4ccccc4n4c5ccccc5c(c2)c34)cc(-c2cncc3cnccc23)c1.c1ccc(-c2ccc3c(c2)c2cc(-c4ccnc5cccnc45)cc4c5ccccc5n3c42)cc1. The third kappa shape index (κ3) is 13.2. The van der Waals surface area contributed by atoms with Crippen LogP contribution in [0.4, 0.5) is 0 Å². The highest BCUT2D eigenvalue weighted by Gasteiger charge is 2.27. The molecular formula is C135H82N12. The van der Waals surface area contributed by atoms with Crippen LogP contribution >= 0.6 is 0 Å². The maximum absolute atomic E-state index is 4.69. The fourth-order valence-corrected chi connectivity index (χ4v) is 23.9. The molecule has 33 aromatic rings. The Kier molecular flexibility index (Phi) is 18.7. The lowest BCUT2D eigenvalue weighted by Crippen LogP contribution is -1.91. The normalized spacial score (nSPS) is 12.0. The molecule has 16 heterocycles. The number of para-hydroxylation sites is 7. The van der Waals surface area contributed by atoms with Crippen molar-refractivity contribution >= 4 is 196 Å². The molecule has 0 spiro atoms. The predicted octanol–water partition coefficient (Wildman–Crippen LogP) is 34.4. The van der Waals surface area contributed by atoms with E-state index in [4.69, 9.17) is 0 Å². The first-order valence-electron chi connectivity index (χ1n) is 49.8. The monoisotopic (exact) mass is 1870 g/mol. The van der Waals surface area contributed by atoms with E-state index >= 15 is 0 Å². The van der Waals surface area contributed by atoms with E-state index in [1.807, 2.05) is 86.8 Å². The van der Waals surface area contributed by atoms with Crippen molar-refractivity contribution in [2.24, 2.45) is 0 Å². The van der Waals surface area contributed by atoms with Gasteiger partial charge in [0.15, 0.2) is 5.65 Å². The number of fused-ring (bicyclic) bond motifs is 28. The van der Waals surface area contributed by atoms with Gasteiger partial charge in [0.1, 0.15) is 0 Å². The summed E-state index contributed by atoms with van der Waals surface area (Å²) in [6.45, 7) is 2.03. The van der Waals surface area contributed by atoms with Crippen molar-refractivity contribution in [2.75, 3.05) is 0 Å². The first kappa shape index (κ1) is 83.0. The molecule has 0 unspecified atom stereocenters. The van der Waals surface area contributed by atoms with Gasteiger partial charge in [0.05, 0.1) is 88.3 Å². The van der Waals surface area contributed by atoms with Crippen molar-refractivity contribution in [1.82, 2.24) is 57.5 Å². The van der Waals surface area contributed by atoms with Gasteiger partial charge in [-0.3, -0.25) is 29.9 Å². The zero-order valence-electron chi connectivity index (χ0n) is 79.5. The molecule has 0 saturated heterocycles. The Morgan fingerprint density at radius 3 is 0.932 bits per heavy atom. The molecule has 0 atom stereocenters. The summed E-state index contributed by atoms with van der Waals surface area (Å²) in [5, 5.41) is 23.9. The van der Waals surface area contributed by atoms with E-state index in [9.17, 15) is 0 Å². The first-order valence-corrected chi connectivity index (χ1v) is 49.8. The van der Waals surface area contributed by atoms with Gasteiger partial charge in [-0.25, -0.2) is 9.97 Å². The van der Waals surface area contributed by atoms with Crippen LogP contribution < -0.4 is 0 Å². The Balaban J connectivity index is 0.0000000909. The Morgan fingerprint density at radius 2 is 0.490 bits per heavy atom. The average Bonchev–Trinajstić information content (AvgIpc) is 1.57. The summed E-state index contributed by atoms with van der Waals surface area (Å²) in [6.07, 6.45) is 16.8. The Labute approximate surface area is 841 Å². The van der Waals surface area contributed by atoms with Crippen LogP contribution in [0.25, 0.3) is 296 Å². The number of hydrogen-bond acceptors (Lipinski definition) is 8. The molecule has 0 saturated carbocycles. The molecular weight excluding hydrogens is 1790 g/mol. The van der Waals surface area contributed by atoms with Crippen LogP contribution in [0, 0.1) is 6.92 Å². The van der Waals surface area contributed by atoms with Gasteiger partial charge in [0.25, 0.3) is 0 Å². The Hall–Kier alpha value is -19.8. The van der Waals surface area contributed by atoms with Gasteiger partial charge in [-0.15, -0.1) is 0 Å². The number of aryl methyl sites for hydroxylation is 1. The number of rotatable bonds is 9. The molecule has 0 fully saturated rings. The van der Waals surface area contributed by atoms with Crippen LogP contribution in [0.1, 0.15) is 5.69 Å². The quantitative estimate of drug-likeness (QED) is 0.140. The average molecular weight is 1870 g/mol. The molecule has 147 heavy (non-hydrogen) atoms. The van der Waals surface area contributed by atoms with Crippen LogP contribution in [0.15, 0.2) is 480 Å². The van der Waals surface area contributed by atoms with E-state index in [2.05, 4.69) is 452 Å². The van der Waals surface area contributed by atoms with Crippen LogP contribution in [-0.2, 0) is 0 Å². The molecule has 0 amide bonds. The lowest BCUT2D eigenvalue weighted by molar-refractivity contribution is 1.20. The predicted molar refractivity (Wildman–Crippen MR) is 610 cm³/mol. The topological polar surface area (TPSA) is 121 Å². The third-order valence-electron chi connectivity index (χ3n) is 30.3. The lowest BCUT2D eigenvalue weighted by Gasteiger charge is -2.11. The molecule has 682 valence electrons. The lowest BCUT2D eigenvalue weighted by atomic mass is 9.94. The zero-order chi connectivity index (χ0) is 96.6. The van der Waals surface area contributed by atoms with Gasteiger partial charge in [-0.2, -0.15) is 0 Å². The smallest absolute Gasteiger partial charge is 0.159 e. The number of benzene rings is 17.